The van der Waals surface area contributed by atoms with Crippen molar-refractivity contribution in [2.24, 2.45) is 0 Å². The van der Waals surface area contributed by atoms with E-state index in [2.05, 4.69) is 15.9 Å². The summed E-state index contributed by atoms with van der Waals surface area (Å²) in [6.07, 6.45) is 0.972. The molecule has 1 atom stereocenters. The highest BCUT2D eigenvalue weighted by atomic mass is 79.9. The first-order valence-electron chi connectivity index (χ1n) is 5.15. The van der Waals surface area contributed by atoms with Gasteiger partial charge < -0.3 is 10.2 Å². The maximum absolute atomic E-state index is 10.1. The lowest BCUT2D eigenvalue weighted by atomic mass is 9.88. The van der Waals surface area contributed by atoms with Crippen LogP contribution >= 0.6 is 27.3 Å². The van der Waals surface area contributed by atoms with Crippen LogP contribution in [0.25, 0.3) is 0 Å². The molecule has 0 bridgehead atoms. The lowest BCUT2D eigenvalue weighted by Gasteiger charge is -2.30. The fourth-order valence-electron chi connectivity index (χ4n) is 1.56. The minimum absolute atomic E-state index is 0.510. The molecule has 0 saturated heterocycles. The smallest absolute Gasteiger partial charge is 0.0903 e. The van der Waals surface area contributed by atoms with Crippen LogP contribution in [0.2, 0.25) is 0 Å². The number of thiophene rings is 1. The minimum Gasteiger partial charge on any atom is -0.390 e. The summed E-state index contributed by atoms with van der Waals surface area (Å²) in [6, 6.07) is 1.96. The van der Waals surface area contributed by atoms with E-state index in [0.717, 1.165) is 9.35 Å². The van der Waals surface area contributed by atoms with Gasteiger partial charge in [0.05, 0.1) is 11.7 Å². The van der Waals surface area contributed by atoms with Crippen LogP contribution in [-0.2, 0) is 6.42 Å². The molecule has 2 nitrogen and oxygen atoms in total. The monoisotopic (exact) mass is 292 g/mol. The van der Waals surface area contributed by atoms with Crippen molar-refractivity contribution in [3.05, 3.63) is 20.8 Å². The first-order valence-corrected chi connectivity index (χ1v) is 6.83. The quantitative estimate of drug-likeness (QED) is 0.876. The topological polar surface area (TPSA) is 40.5 Å². The van der Waals surface area contributed by atoms with Gasteiger partial charge in [-0.15, -0.1) is 11.3 Å². The zero-order valence-corrected chi connectivity index (χ0v) is 11.4. The second-order valence-corrected chi connectivity index (χ2v) is 5.58. The molecular formula is C11H17BrO2S. The molecule has 0 aliphatic carbocycles. The van der Waals surface area contributed by atoms with Crippen LogP contribution in [0.15, 0.2) is 15.9 Å². The number of aliphatic hydroxyl groups excluding tert-OH is 1. The highest BCUT2D eigenvalue weighted by Gasteiger charge is 2.32. The van der Waals surface area contributed by atoms with E-state index in [9.17, 15) is 10.2 Å². The lowest BCUT2D eigenvalue weighted by Crippen LogP contribution is -2.42. The normalized spacial score (nSPS) is 14.2. The van der Waals surface area contributed by atoms with E-state index in [1.807, 2.05) is 25.3 Å². The van der Waals surface area contributed by atoms with Crippen LogP contribution in [0, 0.1) is 0 Å². The molecule has 86 valence electrons. The van der Waals surface area contributed by atoms with Gasteiger partial charge in [0.2, 0.25) is 0 Å². The maximum atomic E-state index is 10.1. The molecule has 0 spiro atoms. The molecule has 15 heavy (non-hydrogen) atoms. The third kappa shape index (κ3) is 3.03. The largest absolute Gasteiger partial charge is 0.390 e. The standard InChI is InChI=1S/C11H17BrO2S/c1-3-11(14,4-2)10(13)7-9-8(12)5-6-15-9/h5-6,10,13-14H,3-4,7H2,1-2H3. The predicted molar refractivity (Wildman–Crippen MR) is 67.3 cm³/mol. The Bertz CT molecular complexity index is 307. The van der Waals surface area contributed by atoms with E-state index in [4.69, 9.17) is 0 Å². The molecule has 0 aromatic carbocycles. The molecule has 1 heterocycles. The second kappa shape index (κ2) is 5.43. The van der Waals surface area contributed by atoms with E-state index in [1.165, 1.54) is 0 Å². The fourth-order valence-corrected chi connectivity index (χ4v) is 3.11. The molecule has 0 aliphatic heterocycles. The predicted octanol–water partition coefficient (Wildman–Crippen LogP) is 2.97. The number of rotatable bonds is 5. The van der Waals surface area contributed by atoms with Crippen molar-refractivity contribution < 1.29 is 10.2 Å². The van der Waals surface area contributed by atoms with Crippen LogP contribution in [0.4, 0.5) is 0 Å². The summed E-state index contributed by atoms with van der Waals surface area (Å²) in [4.78, 5) is 1.09. The van der Waals surface area contributed by atoms with Crippen LogP contribution in [0.3, 0.4) is 0 Å². The first-order chi connectivity index (χ1) is 7.03. The Hall–Kier alpha value is 0.100. The zero-order chi connectivity index (χ0) is 11.5. The molecule has 0 fully saturated rings. The summed E-state index contributed by atoms with van der Waals surface area (Å²) in [6.45, 7) is 3.80. The summed E-state index contributed by atoms with van der Waals surface area (Å²) in [7, 11) is 0. The van der Waals surface area contributed by atoms with Crippen LogP contribution in [0.5, 0.6) is 0 Å². The van der Waals surface area contributed by atoms with Crippen LogP contribution in [0.1, 0.15) is 31.6 Å². The van der Waals surface area contributed by atoms with Gasteiger partial charge in [0.15, 0.2) is 0 Å². The van der Waals surface area contributed by atoms with Gasteiger partial charge in [-0.05, 0) is 40.2 Å². The summed E-state index contributed by atoms with van der Waals surface area (Å²) >= 11 is 5.02. The zero-order valence-electron chi connectivity index (χ0n) is 9.03. The van der Waals surface area contributed by atoms with E-state index < -0.39 is 11.7 Å². The molecule has 1 aromatic heterocycles. The van der Waals surface area contributed by atoms with Gasteiger partial charge in [-0.1, -0.05) is 13.8 Å². The van der Waals surface area contributed by atoms with Gasteiger partial charge in [0.1, 0.15) is 0 Å². The van der Waals surface area contributed by atoms with Gasteiger partial charge in [-0.2, -0.15) is 0 Å². The van der Waals surface area contributed by atoms with Crippen molar-refractivity contribution in [3.63, 3.8) is 0 Å². The molecule has 0 radical (unpaired) electrons. The van der Waals surface area contributed by atoms with Crippen molar-refractivity contribution in [3.8, 4) is 0 Å². The average molecular weight is 293 g/mol. The van der Waals surface area contributed by atoms with Crippen molar-refractivity contribution in [1.82, 2.24) is 0 Å². The minimum atomic E-state index is -0.955. The van der Waals surface area contributed by atoms with E-state index >= 15 is 0 Å². The lowest BCUT2D eigenvalue weighted by molar-refractivity contribution is -0.0787. The van der Waals surface area contributed by atoms with Crippen molar-refractivity contribution in [1.29, 1.82) is 0 Å². The first kappa shape index (κ1) is 13.2. The molecule has 0 saturated carbocycles. The number of halogens is 1. The van der Waals surface area contributed by atoms with Gasteiger partial charge in [-0.25, -0.2) is 0 Å². The van der Waals surface area contributed by atoms with Crippen molar-refractivity contribution >= 4 is 27.3 Å². The number of hydrogen-bond donors (Lipinski definition) is 2. The Morgan fingerprint density at radius 3 is 2.47 bits per heavy atom. The Kier molecular flexibility index (Phi) is 4.77. The summed E-state index contributed by atoms with van der Waals surface area (Å²) in [5.74, 6) is 0. The molecular weight excluding hydrogens is 276 g/mol. The average Bonchev–Trinajstić information content (AvgIpc) is 2.63. The molecule has 1 unspecified atom stereocenters. The summed E-state index contributed by atoms with van der Waals surface area (Å²) in [5.41, 5.74) is -0.955. The summed E-state index contributed by atoms with van der Waals surface area (Å²) in [5, 5.41) is 22.1. The molecule has 1 rings (SSSR count). The van der Waals surface area contributed by atoms with E-state index in [-0.39, 0.29) is 0 Å². The van der Waals surface area contributed by atoms with Gasteiger partial charge in [0, 0.05) is 15.8 Å². The molecule has 0 amide bonds. The van der Waals surface area contributed by atoms with Crippen molar-refractivity contribution in [2.75, 3.05) is 0 Å². The molecule has 4 heteroatoms. The van der Waals surface area contributed by atoms with Gasteiger partial charge >= 0.3 is 0 Å². The van der Waals surface area contributed by atoms with E-state index in [1.54, 1.807) is 11.3 Å². The third-order valence-electron chi connectivity index (χ3n) is 2.91. The summed E-state index contributed by atoms with van der Waals surface area (Å²) < 4.78 is 1.01. The Labute approximate surface area is 103 Å². The third-order valence-corrected chi connectivity index (χ3v) is 4.86. The van der Waals surface area contributed by atoms with Gasteiger partial charge in [-0.3, -0.25) is 0 Å². The van der Waals surface area contributed by atoms with Crippen molar-refractivity contribution in [2.45, 2.75) is 44.8 Å². The molecule has 1 aromatic rings. The highest BCUT2D eigenvalue weighted by Crippen LogP contribution is 2.28. The Morgan fingerprint density at radius 1 is 1.47 bits per heavy atom. The molecule has 0 aliphatic rings. The second-order valence-electron chi connectivity index (χ2n) is 3.72. The molecule has 2 N–H and O–H groups in total. The fraction of sp³-hybridized carbons (Fsp3) is 0.636. The Morgan fingerprint density at radius 2 is 2.07 bits per heavy atom. The highest BCUT2D eigenvalue weighted by molar-refractivity contribution is 9.10. The van der Waals surface area contributed by atoms with Gasteiger partial charge in [0.25, 0.3) is 0 Å². The SMILES string of the molecule is CCC(O)(CC)C(O)Cc1sccc1Br. The van der Waals surface area contributed by atoms with Crippen LogP contribution < -0.4 is 0 Å². The Balaban J connectivity index is 2.70. The maximum Gasteiger partial charge on any atom is 0.0903 e. The van der Waals surface area contributed by atoms with E-state index in [0.29, 0.717) is 19.3 Å². The number of hydrogen-bond acceptors (Lipinski definition) is 3. The number of aliphatic hydroxyl groups is 2. The van der Waals surface area contributed by atoms with Crippen LogP contribution in [-0.4, -0.2) is 21.9 Å².